The Labute approximate surface area is 128 Å². The molecule has 1 aliphatic heterocycles. The zero-order valence-corrected chi connectivity index (χ0v) is 12.3. The van der Waals surface area contributed by atoms with Gasteiger partial charge in [0.15, 0.2) is 0 Å². The Balaban J connectivity index is 1.76. The van der Waals surface area contributed by atoms with Crippen LogP contribution in [-0.4, -0.2) is 25.8 Å². The molecule has 2 N–H and O–H groups in total. The summed E-state index contributed by atoms with van der Waals surface area (Å²) in [4.78, 5) is 2.45. The molecule has 0 bridgehead atoms. The Morgan fingerprint density at radius 1 is 1.10 bits per heavy atom. The van der Waals surface area contributed by atoms with Crippen LogP contribution in [0.2, 0.25) is 0 Å². The van der Waals surface area contributed by atoms with Gasteiger partial charge >= 0.3 is 0 Å². The molecule has 21 heavy (non-hydrogen) atoms. The summed E-state index contributed by atoms with van der Waals surface area (Å²) in [6.07, 6.45) is 2.14. The van der Waals surface area contributed by atoms with Crippen molar-refractivity contribution in [2.75, 3.05) is 13.1 Å². The summed E-state index contributed by atoms with van der Waals surface area (Å²) in [6, 6.07) is 18.6. The third-order valence-corrected chi connectivity index (χ3v) is 4.31. The van der Waals surface area contributed by atoms with Crippen molar-refractivity contribution in [3.8, 4) is 0 Å². The van der Waals surface area contributed by atoms with E-state index in [1.54, 1.807) is 0 Å². The van der Waals surface area contributed by atoms with Crippen molar-refractivity contribution in [1.82, 2.24) is 4.90 Å². The molecule has 1 fully saturated rings. The highest BCUT2D eigenvalue weighted by Gasteiger charge is 2.33. The lowest BCUT2D eigenvalue weighted by Gasteiger charge is -2.41. The van der Waals surface area contributed by atoms with Crippen molar-refractivity contribution in [1.29, 1.82) is 0 Å². The van der Waals surface area contributed by atoms with E-state index in [-0.39, 0.29) is 5.54 Å². The molecule has 1 heterocycles. The van der Waals surface area contributed by atoms with Crippen LogP contribution in [0.5, 0.6) is 0 Å². The van der Waals surface area contributed by atoms with E-state index in [4.69, 9.17) is 13.6 Å². The first-order valence-corrected chi connectivity index (χ1v) is 7.57. The second-order valence-corrected chi connectivity index (χ2v) is 6.08. The molecule has 1 atom stereocenters. The third kappa shape index (κ3) is 3.37. The van der Waals surface area contributed by atoms with Gasteiger partial charge in [0.1, 0.15) is 7.85 Å². The van der Waals surface area contributed by atoms with Gasteiger partial charge in [0.2, 0.25) is 0 Å². The summed E-state index contributed by atoms with van der Waals surface area (Å²) in [7, 11) is 5.91. The summed E-state index contributed by atoms with van der Waals surface area (Å²) in [6.45, 7) is 2.95. The van der Waals surface area contributed by atoms with Crippen molar-refractivity contribution in [3.63, 3.8) is 0 Å². The lowest BCUT2D eigenvalue weighted by atomic mass is 9.80. The Morgan fingerprint density at radius 3 is 2.67 bits per heavy atom. The van der Waals surface area contributed by atoms with Crippen LogP contribution in [0.4, 0.5) is 0 Å². The molecule has 2 aromatic rings. The smallest absolute Gasteiger partial charge is 0.113 e. The van der Waals surface area contributed by atoms with Crippen molar-refractivity contribution in [2.24, 2.45) is 5.73 Å². The van der Waals surface area contributed by atoms with Crippen molar-refractivity contribution in [3.05, 3.63) is 65.7 Å². The Hall–Kier alpha value is -1.58. The number of hydrogen-bond acceptors (Lipinski definition) is 2. The molecule has 1 saturated heterocycles. The van der Waals surface area contributed by atoms with Gasteiger partial charge in [-0.3, -0.25) is 4.90 Å². The van der Waals surface area contributed by atoms with E-state index >= 15 is 0 Å². The molecule has 2 aromatic carbocycles. The average molecular weight is 276 g/mol. The maximum Gasteiger partial charge on any atom is 0.113 e. The number of hydrogen-bond donors (Lipinski definition) is 1. The fraction of sp³-hybridized carbons (Fsp3) is 0.333. The molecule has 0 saturated carbocycles. The fourth-order valence-corrected chi connectivity index (χ4v) is 3.24. The minimum atomic E-state index is -0.289. The minimum Gasteiger partial charge on any atom is -0.320 e. The van der Waals surface area contributed by atoms with Crippen molar-refractivity contribution < 1.29 is 0 Å². The van der Waals surface area contributed by atoms with Crippen LogP contribution >= 0.6 is 0 Å². The summed E-state index contributed by atoms with van der Waals surface area (Å²) < 4.78 is 0. The number of benzene rings is 2. The van der Waals surface area contributed by atoms with Crippen LogP contribution < -0.4 is 11.2 Å². The predicted octanol–water partition coefficient (Wildman–Crippen LogP) is 1.93. The third-order valence-electron chi connectivity index (χ3n) is 4.31. The van der Waals surface area contributed by atoms with E-state index < -0.39 is 0 Å². The van der Waals surface area contributed by atoms with Gasteiger partial charge in [0.05, 0.1) is 5.54 Å². The monoisotopic (exact) mass is 276 g/mol. The standard InChI is InChI=1S/C18H21BN2/c19-17-9-4-8-16(12-17)18(20)10-5-11-21(14-18)13-15-6-2-1-3-7-15/h1-4,6-9,12H,5,10-11,13-14,20H2. The molecule has 1 unspecified atom stereocenters. The average Bonchev–Trinajstić information content (AvgIpc) is 2.48. The summed E-state index contributed by atoms with van der Waals surface area (Å²) in [5.41, 5.74) is 9.69. The Kier molecular flexibility index (Phi) is 4.13. The van der Waals surface area contributed by atoms with E-state index in [0.717, 1.165) is 43.5 Å². The van der Waals surface area contributed by atoms with E-state index in [9.17, 15) is 0 Å². The highest BCUT2D eigenvalue weighted by atomic mass is 15.2. The number of rotatable bonds is 3. The first-order chi connectivity index (χ1) is 10.2. The Morgan fingerprint density at radius 2 is 1.90 bits per heavy atom. The van der Waals surface area contributed by atoms with E-state index in [2.05, 4.69) is 41.3 Å². The Bertz CT molecular complexity index is 599. The highest BCUT2D eigenvalue weighted by molar-refractivity contribution is 6.32. The molecule has 3 rings (SSSR count). The van der Waals surface area contributed by atoms with Gasteiger partial charge in [-0.15, -0.1) is 0 Å². The molecular weight excluding hydrogens is 255 g/mol. The first kappa shape index (κ1) is 14.4. The predicted molar refractivity (Wildman–Crippen MR) is 88.6 cm³/mol. The maximum atomic E-state index is 6.70. The number of piperidine rings is 1. The van der Waals surface area contributed by atoms with Gasteiger partial charge in [-0.05, 0) is 30.5 Å². The van der Waals surface area contributed by atoms with Crippen LogP contribution in [0.3, 0.4) is 0 Å². The molecule has 0 spiro atoms. The zero-order valence-electron chi connectivity index (χ0n) is 12.3. The quantitative estimate of drug-likeness (QED) is 0.868. The molecule has 1 aliphatic rings. The van der Waals surface area contributed by atoms with E-state index in [1.807, 2.05) is 18.2 Å². The van der Waals surface area contributed by atoms with Crippen molar-refractivity contribution in [2.45, 2.75) is 24.9 Å². The molecule has 3 heteroatoms. The van der Waals surface area contributed by atoms with Gasteiger partial charge in [-0.2, -0.15) is 0 Å². The summed E-state index contributed by atoms with van der Waals surface area (Å²) in [5.74, 6) is 0. The fourth-order valence-electron chi connectivity index (χ4n) is 3.24. The normalized spacial score (nSPS) is 23.1. The SMILES string of the molecule is [B]c1cccc(C2(N)CCCN(Cc3ccccc3)C2)c1. The molecule has 2 radical (unpaired) electrons. The van der Waals surface area contributed by atoms with Crippen LogP contribution in [0.1, 0.15) is 24.0 Å². The summed E-state index contributed by atoms with van der Waals surface area (Å²) in [5, 5.41) is 0. The van der Waals surface area contributed by atoms with Gasteiger partial charge in [0.25, 0.3) is 0 Å². The summed E-state index contributed by atoms with van der Waals surface area (Å²) >= 11 is 0. The maximum absolute atomic E-state index is 6.70. The first-order valence-electron chi connectivity index (χ1n) is 7.57. The van der Waals surface area contributed by atoms with E-state index in [0.29, 0.717) is 0 Å². The number of nitrogens with two attached hydrogens (primary N) is 1. The second-order valence-electron chi connectivity index (χ2n) is 6.08. The molecule has 2 nitrogen and oxygen atoms in total. The lowest BCUT2D eigenvalue weighted by Crippen LogP contribution is -2.51. The molecule has 0 amide bonds. The topological polar surface area (TPSA) is 29.3 Å². The van der Waals surface area contributed by atoms with Gasteiger partial charge in [-0.25, -0.2) is 0 Å². The van der Waals surface area contributed by atoms with E-state index in [1.165, 1.54) is 5.56 Å². The lowest BCUT2D eigenvalue weighted by molar-refractivity contribution is 0.142. The van der Waals surface area contributed by atoms with Crippen molar-refractivity contribution >= 4 is 13.3 Å². The van der Waals surface area contributed by atoms with Gasteiger partial charge in [0, 0.05) is 13.1 Å². The molecule has 0 aliphatic carbocycles. The molecule has 106 valence electrons. The van der Waals surface area contributed by atoms with Crippen LogP contribution in [-0.2, 0) is 12.1 Å². The largest absolute Gasteiger partial charge is 0.320 e. The highest BCUT2D eigenvalue weighted by Crippen LogP contribution is 2.29. The van der Waals surface area contributed by atoms with Crippen LogP contribution in [0.15, 0.2) is 54.6 Å². The zero-order chi connectivity index (χ0) is 14.7. The number of likely N-dealkylation sites (tertiary alicyclic amines) is 1. The molecular formula is C18H21BN2. The number of nitrogens with zero attached hydrogens (tertiary/aromatic N) is 1. The second kappa shape index (κ2) is 6.04. The van der Waals surface area contributed by atoms with Crippen LogP contribution in [0.25, 0.3) is 0 Å². The minimum absolute atomic E-state index is 0.289. The molecule has 0 aromatic heterocycles. The van der Waals surface area contributed by atoms with Crippen LogP contribution in [0, 0.1) is 0 Å². The van der Waals surface area contributed by atoms with Gasteiger partial charge < -0.3 is 5.73 Å². The van der Waals surface area contributed by atoms with Gasteiger partial charge in [-0.1, -0.05) is 60.1 Å².